The van der Waals surface area contributed by atoms with E-state index in [-0.39, 0.29) is 24.8 Å². The molecule has 170 valence electrons. The predicted molar refractivity (Wildman–Crippen MR) is 124 cm³/mol. The minimum Gasteiger partial charge on any atom is -0.495 e. The number of benzene rings is 2. The van der Waals surface area contributed by atoms with Gasteiger partial charge in [0.25, 0.3) is 11.8 Å². The second-order valence-electron chi connectivity index (χ2n) is 8.06. The lowest BCUT2D eigenvalue weighted by Gasteiger charge is -2.15. The minimum absolute atomic E-state index is 0.170. The van der Waals surface area contributed by atoms with Crippen molar-refractivity contribution >= 4 is 23.1 Å². The molecule has 1 N–H and O–H groups in total. The molecular formula is C25H30N2O5. The maximum absolute atomic E-state index is 13.2. The Hall–Kier alpha value is -3.32. The first-order valence-corrected chi connectivity index (χ1v) is 10.6. The zero-order chi connectivity index (χ0) is 23.3. The summed E-state index contributed by atoms with van der Waals surface area (Å²) in [5, 5.41) is 3.16. The number of carbonyl (C=O) groups is 2. The van der Waals surface area contributed by atoms with Gasteiger partial charge in [0.15, 0.2) is 0 Å². The summed E-state index contributed by atoms with van der Waals surface area (Å²) in [6.45, 7) is 7.13. The molecule has 1 aliphatic rings. The van der Waals surface area contributed by atoms with Gasteiger partial charge in [-0.25, -0.2) is 0 Å². The summed E-state index contributed by atoms with van der Waals surface area (Å²) >= 11 is 0. The summed E-state index contributed by atoms with van der Waals surface area (Å²) in [5.74, 6) is 0.935. The van der Waals surface area contributed by atoms with Crippen molar-refractivity contribution in [2.75, 3.05) is 39.3 Å². The number of hydrogen-bond acceptors (Lipinski definition) is 6. The van der Waals surface area contributed by atoms with Crippen LogP contribution in [0.2, 0.25) is 0 Å². The van der Waals surface area contributed by atoms with Crippen LogP contribution in [0.5, 0.6) is 11.5 Å². The highest BCUT2D eigenvalue weighted by Crippen LogP contribution is 2.34. The van der Waals surface area contributed by atoms with Crippen LogP contribution in [0.15, 0.2) is 48.2 Å². The topological polar surface area (TPSA) is 77.1 Å². The largest absolute Gasteiger partial charge is 0.495 e. The van der Waals surface area contributed by atoms with E-state index in [1.807, 2.05) is 37.3 Å². The van der Waals surface area contributed by atoms with Crippen molar-refractivity contribution in [2.24, 2.45) is 5.92 Å². The molecule has 0 fully saturated rings. The zero-order valence-electron chi connectivity index (χ0n) is 19.2. The summed E-state index contributed by atoms with van der Waals surface area (Å²) in [5.41, 5.74) is 2.77. The maximum atomic E-state index is 13.2. The van der Waals surface area contributed by atoms with Crippen LogP contribution in [0.4, 0.5) is 5.69 Å². The predicted octanol–water partition coefficient (Wildman–Crippen LogP) is 3.88. The van der Waals surface area contributed by atoms with Crippen LogP contribution in [0.25, 0.3) is 5.57 Å². The molecule has 0 spiro atoms. The SMILES string of the molecule is COCCN1C(=O)C(Nc2cc(C)ccc2OC)=C(c2ccc(OCC(C)C)cc2)C1=O. The molecule has 0 aliphatic carbocycles. The molecule has 2 aromatic rings. The maximum Gasteiger partial charge on any atom is 0.278 e. The average Bonchev–Trinajstić information content (AvgIpc) is 3.00. The van der Waals surface area contributed by atoms with Crippen LogP contribution in [0, 0.1) is 12.8 Å². The van der Waals surface area contributed by atoms with Gasteiger partial charge >= 0.3 is 0 Å². The minimum atomic E-state index is -0.397. The van der Waals surface area contributed by atoms with Crippen LogP contribution in [-0.2, 0) is 14.3 Å². The Balaban J connectivity index is 2.00. The fourth-order valence-electron chi connectivity index (χ4n) is 3.38. The molecular weight excluding hydrogens is 408 g/mol. The molecule has 3 rings (SSSR count). The van der Waals surface area contributed by atoms with Gasteiger partial charge in [0, 0.05) is 7.11 Å². The van der Waals surface area contributed by atoms with E-state index in [0.717, 1.165) is 5.56 Å². The second-order valence-corrected chi connectivity index (χ2v) is 8.06. The summed E-state index contributed by atoms with van der Waals surface area (Å²) < 4.78 is 16.3. The van der Waals surface area contributed by atoms with Crippen LogP contribution >= 0.6 is 0 Å². The van der Waals surface area contributed by atoms with Gasteiger partial charge in [0.05, 0.1) is 38.1 Å². The fraction of sp³-hybridized carbons (Fsp3) is 0.360. The molecule has 32 heavy (non-hydrogen) atoms. The van der Waals surface area contributed by atoms with Crippen molar-refractivity contribution in [1.82, 2.24) is 4.90 Å². The Labute approximate surface area is 189 Å². The van der Waals surface area contributed by atoms with E-state index in [0.29, 0.717) is 40.8 Å². The Morgan fingerprint density at radius 1 is 1.00 bits per heavy atom. The number of anilines is 1. The number of imide groups is 1. The standard InChI is InChI=1S/C25H30N2O5/c1-16(2)15-32-19-9-7-18(8-10-19)22-23(25(29)27(24(22)28)12-13-30-4)26-20-14-17(3)6-11-21(20)31-5/h6-11,14,16,26H,12-13,15H2,1-5H3. The van der Waals surface area contributed by atoms with Crippen molar-refractivity contribution in [1.29, 1.82) is 0 Å². The summed E-state index contributed by atoms with van der Waals surface area (Å²) in [4.78, 5) is 27.6. The Morgan fingerprint density at radius 3 is 2.34 bits per heavy atom. The molecule has 2 aromatic carbocycles. The summed E-state index contributed by atoms with van der Waals surface area (Å²) in [6.07, 6.45) is 0. The van der Waals surface area contributed by atoms with Crippen LogP contribution < -0.4 is 14.8 Å². The van der Waals surface area contributed by atoms with Crippen molar-refractivity contribution in [2.45, 2.75) is 20.8 Å². The number of methoxy groups -OCH3 is 2. The van der Waals surface area contributed by atoms with Gasteiger partial charge in [-0.15, -0.1) is 0 Å². The van der Waals surface area contributed by atoms with E-state index in [1.165, 1.54) is 12.0 Å². The molecule has 0 radical (unpaired) electrons. The molecule has 2 amide bonds. The molecule has 7 nitrogen and oxygen atoms in total. The molecule has 0 saturated heterocycles. The number of rotatable bonds is 10. The fourth-order valence-corrected chi connectivity index (χ4v) is 3.38. The highest BCUT2D eigenvalue weighted by atomic mass is 16.5. The smallest absolute Gasteiger partial charge is 0.278 e. The molecule has 0 atom stereocenters. The molecule has 0 aromatic heterocycles. The lowest BCUT2D eigenvalue weighted by molar-refractivity contribution is -0.137. The number of hydrogen-bond donors (Lipinski definition) is 1. The van der Waals surface area contributed by atoms with Gasteiger partial charge in [-0.05, 0) is 48.2 Å². The van der Waals surface area contributed by atoms with Crippen molar-refractivity contribution in [3.63, 3.8) is 0 Å². The number of nitrogens with one attached hydrogen (secondary N) is 1. The van der Waals surface area contributed by atoms with Gasteiger partial charge < -0.3 is 19.5 Å². The average molecular weight is 439 g/mol. The Bertz CT molecular complexity index is 1010. The summed E-state index contributed by atoms with van der Waals surface area (Å²) in [6, 6.07) is 12.8. The highest BCUT2D eigenvalue weighted by molar-refractivity contribution is 6.36. The summed E-state index contributed by atoms with van der Waals surface area (Å²) in [7, 11) is 3.10. The van der Waals surface area contributed by atoms with E-state index < -0.39 is 5.91 Å². The van der Waals surface area contributed by atoms with Crippen LogP contribution in [0.1, 0.15) is 25.0 Å². The van der Waals surface area contributed by atoms with Gasteiger partial charge in [0.2, 0.25) is 0 Å². The lowest BCUT2D eigenvalue weighted by Crippen LogP contribution is -2.35. The van der Waals surface area contributed by atoms with E-state index in [1.54, 1.807) is 19.2 Å². The van der Waals surface area contributed by atoms with E-state index >= 15 is 0 Å². The quantitative estimate of drug-likeness (QED) is 0.568. The Kier molecular flexibility index (Phi) is 7.53. The third kappa shape index (κ3) is 5.11. The molecule has 1 aliphatic heterocycles. The van der Waals surface area contributed by atoms with Gasteiger partial charge in [-0.1, -0.05) is 32.0 Å². The van der Waals surface area contributed by atoms with Crippen molar-refractivity contribution < 1.29 is 23.8 Å². The van der Waals surface area contributed by atoms with E-state index in [2.05, 4.69) is 19.2 Å². The third-order valence-corrected chi connectivity index (χ3v) is 5.03. The molecule has 0 bridgehead atoms. The first kappa shape index (κ1) is 23.3. The zero-order valence-corrected chi connectivity index (χ0v) is 19.2. The van der Waals surface area contributed by atoms with Gasteiger partial charge in [-0.2, -0.15) is 0 Å². The highest BCUT2D eigenvalue weighted by Gasteiger charge is 2.39. The Morgan fingerprint density at radius 2 is 1.72 bits per heavy atom. The first-order chi connectivity index (χ1) is 15.3. The number of carbonyl (C=O) groups excluding carboxylic acids is 2. The molecule has 7 heteroatoms. The van der Waals surface area contributed by atoms with Gasteiger partial charge in [0.1, 0.15) is 17.2 Å². The molecule has 0 saturated carbocycles. The molecule has 1 heterocycles. The van der Waals surface area contributed by atoms with Crippen molar-refractivity contribution in [3.8, 4) is 11.5 Å². The number of nitrogens with zero attached hydrogens (tertiary/aromatic N) is 1. The molecule has 0 unspecified atom stereocenters. The van der Waals surface area contributed by atoms with E-state index in [9.17, 15) is 9.59 Å². The second kappa shape index (κ2) is 10.3. The lowest BCUT2D eigenvalue weighted by atomic mass is 10.0. The van der Waals surface area contributed by atoms with Crippen molar-refractivity contribution in [3.05, 3.63) is 59.3 Å². The van der Waals surface area contributed by atoms with Crippen LogP contribution in [-0.4, -0.2) is 50.7 Å². The van der Waals surface area contributed by atoms with Gasteiger partial charge in [-0.3, -0.25) is 14.5 Å². The third-order valence-electron chi connectivity index (χ3n) is 5.03. The monoisotopic (exact) mass is 438 g/mol. The number of ether oxygens (including phenoxy) is 3. The van der Waals surface area contributed by atoms with Crippen LogP contribution in [0.3, 0.4) is 0 Å². The number of amides is 2. The first-order valence-electron chi connectivity index (χ1n) is 10.6. The number of aryl methyl sites for hydroxylation is 1. The normalized spacial score (nSPS) is 13.9. The van der Waals surface area contributed by atoms with E-state index in [4.69, 9.17) is 14.2 Å².